The largest absolute Gasteiger partial charge is 0.375 e. The highest BCUT2D eigenvalue weighted by atomic mass is 127. The molecule has 3 unspecified atom stereocenters. The Morgan fingerprint density at radius 1 is 0.570 bits per heavy atom. The van der Waals surface area contributed by atoms with E-state index in [1.165, 1.54) is 43.1 Å². The van der Waals surface area contributed by atoms with Crippen molar-refractivity contribution in [1.82, 2.24) is 25.3 Å². The van der Waals surface area contributed by atoms with Crippen LogP contribution in [-0.4, -0.2) is 84.4 Å². The van der Waals surface area contributed by atoms with Gasteiger partial charge in [-0.05, 0) is 191 Å². The van der Waals surface area contributed by atoms with Crippen LogP contribution in [-0.2, 0) is 40.7 Å². The van der Waals surface area contributed by atoms with Gasteiger partial charge in [0.1, 0.15) is 127 Å². The molecule has 2 aliphatic rings. The first kappa shape index (κ1) is 80.8. The second kappa shape index (κ2) is 34.6. The summed E-state index contributed by atoms with van der Waals surface area (Å²) in [5.41, 5.74) is 4.11. The number of halogens is 5. The highest BCUT2D eigenvalue weighted by Crippen LogP contribution is 2.60. The van der Waals surface area contributed by atoms with Gasteiger partial charge in [-0.15, -0.1) is 0 Å². The van der Waals surface area contributed by atoms with Crippen LogP contribution < -0.4 is 0 Å². The number of hydrogen-bond donors (Lipinski definition) is 0. The summed E-state index contributed by atoms with van der Waals surface area (Å²) in [7, 11) is -1.51. The van der Waals surface area contributed by atoms with E-state index in [2.05, 4.69) is 218 Å². The molecule has 1 saturated heterocycles. The fourth-order valence-corrected chi connectivity index (χ4v) is 19.3. The van der Waals surface area contributed by atoms with Crippen LogP contribution >= 0.6 is 122 Å². The Morgan fingerprint density at radius 2 is 0.949 bits per heavy atom. The average Bonchev–Trinajstić information content (AvgIpc) is 3.56. The fraction of sp³-hybridized carbons (Fsp3) is 0.800. The topological polar surface area (TPSA) is 97.9 Å². The van der Waals surface area contributed by atoms with Crippen molar-refractivity contribution in [3.63, 3.8) is 0 Å². The molecule has 0 bridgehead atoms. The molecule has 79 heavy (non-hydrogen) atoms. The van der Waals surface area contributed by atoms with Gasteiger partial charge in [0.15, 0.2) is 0 Å². The van der Waals surface area contributed by atoms with Gasteiger partial charge in [0, 0.05) is 40.3 Å². The van der Waals surface area contributed by atoms with Crippen molar-refractivity contribution in [2.45, 2.75) is 281 Å². The molecule has 3 atom stereocenters. The fourth-order valence-electron chi connectivity index (χ4n) is 11.5. The lowest BCUT2D eigenvalue weighted by Crippen LogP contribution is -2.56. The van der Waals surface area contributed by atoms with Crippen LogP contribution in [0.5, 0.6) is 0 Å². The van der Waals surface area contributed by atoms with Crippen LogP contribution in [0.1, 0.15) is 248 Å². The highest BCUT2D eigenvalue weighted by molar-refractivity contribution is 14.1. The molecular weight excluding hydrogens is 1580 g/mol. The molecule has 0 saturated carbocycles. The number of nitrogens with zero attached hydrogens (tertiary/aromatic N) is 5. The predicted octanol–water partition coefficient (Wildman–Crippen LogP) is 21.2. The molecule has 2 aromatic rings. The van der Waals surface area contributed by atoms with Crippen LogP contribution in [0.15, 0.2) is 54.6 Å². The normalized spacial score (nSPS) is 18.9. The maximum Gasteiger partial charge on any atom is 0.247 e. The second-order valence-electron chi connectivity index (χ2n) is 27.5. The Hall–Kier alpha value is 1.84. The molecule has 0 aromatic heterocycles. The molecule has 0 aliphatic carbocycles. The molecule has 4 rings (SSSR count). The quantitative estimate of drug-likeness (QED) is 0.0806. The minimum atomic E-state index is -3.05. The van der Waals surface area contributed by atoms with Gasteiger partial charge < -0.3 is 9.26 Å². The first-order valence-corrected chi connectivity index (χ1v) is 34.7. The summed E-state index contributed by atoms with van der Waals surface area (Å²) in [6.07, 6.45) is 8.12. The molecule has 13 nitrogen and oxygen atoms in total. The number of fused-ring (bicyclic) bond motifs is 1. The molecule has 464 valence electrons. The van der Waals surface area contributed by atoms with E-state index in [-0.39, 0.29) is 62.1 Å². The van der Waals surface area contributed by atoms with Gasteiger partial charge in [0.25, 0.3) is 0 Å². The molecule has 1 fully saturated rings. The minimum Gasteiger partial charge on any atom is -0.375 e. The molecule has 0 spiro atoms. The van der Waals surface area contributed by atoms with Gasteiger partial charge >= 0.3 is 0 Å². The van der Waals surface area contributed by atoms with Crippen LogP contribution in [0.4, 0.5) is 0 Å². The van der Waals surface area contributed by atoms with Crippen molar-refractivity contribution in [1.29, 1.82) is 0 Å². The van der Waals surface area contributed by atoms with E-state index >= 15 is 0 Å². The maximum absolute atomic E-state index is 13.3. The SMILES string of the molecule is CC(C)(C)N(OI)C(C)(C)C.CC(C)C(c1ccccc1)N(OI)C(C)(C)C.CC1(C)CCCC(C)(C)N1OI.CCC1(CC)c2ccccc2C(CC)(CC)N1OI.CCOP(=O)(COC)C(N(OI)C(C)(C)C)C(C)(C)C. The lowest BCUT2D eigenvalue weighted by atomic mass is 9.82. The smallest absolute Gasteiger partial charge is 0.247 e. The number of benzene rings is 2. The number of hydroxylamine groups is 10. The van der Waals surface area contributed by atoms with Gasteiger partial charge in [-0.2, -0.15) is 25.3 Å². The van der Waals surface area contributed by atoms with Crippen LogP contribution in [0, 0.1) is 11.3 Å². The van der Waals surface area contributed by atoms with Gasteiger partial charge in [-0.25, -0.2) is 15.8 Å². The summed E-state index contributed by atoms with van der Waals surface area (Å²) in [6, 6.07) is 19.7. The second-order valence-corrected chi connectivity index (χ2v) is 31.9. The van der Waals surface area contributed by atoms with Crippen LogP contribution in [0.3, 0.4) is 0 Å². The molecule has 2 heterocycles. The Kier molecular flexibility index (Phi) is 35.4. The molecule has 2 aromatic carbocycles. The maximum atomic E-state index is 13.3. The molecule has 0 amide bonds. The summed E-state index contributed by atoms with van der Waals surface area (Å²) in [5, 5.41) is 10.2. The molecule has 0 radical (unpaired) electrons. The van der Waals surface area contributed by atoms with Gasteiger partial charge in [-0.3, -0.25) is 4.57 Å². The Balaban J connectivity index is 0.000000979. The van der Waals surface area contributed by atoms with E-state index in [4.69, 9.17) is 25.1 Å². The third kappa shape index (κ3) is 22.4. The van der Waals surface area contributed by atoms with Crippen LogP contribution in [0.25, 0.3) is 0 Å². The molecule has 0 N–H and O–H groups in total. The van der Waals surface area contributed by atoms with Crippen molar-refractivity contribution in [3.05, 3.63) is 71.3 Å². The van der Waals surface area contributed by atoms with E-state index < -0.39 is 13.2 Å². The van der Waals surface area contributed by atoms with Crippen molar-refractivity contribution in [3.8, 4) is 0 Å². The number of rotatable bonds is 18. The van der Waals surface area contributed by atoms with E-state index in [1.807, 2.05) is 152 Å². The van der Waals surface area contributed by atoms with Crippen molar-refractivity contribution < 1.29 is 29.7 Å². The van der Waals surface area contributed by atoms with E-state index in [1.54, 1.807) is 5.06 Å². The Labute approximate surface area is 555 Å². The number of hydrogen-bond acceptors (Lipinski definition) is 13. The first-order valence-electron chi connectivity index (χ1n) is 28.4. The molecule has 2 aliphatic heterocycles. The van der Waals surface area contributed by atoms with Crippen molar-refractivity contribution >= 4 is 122 Å². The third-order valence-corrected chi connectivity index (χ3v) is 19.7. The monoisotopic (exact) mass is 1700 g/mol. The zero-order valence-electron chi connectivity index (χ0n) is 54.1. The lowest BCUT2D eigenvalue weighted by molar-refractivity contribution is -0.189. The van der Waals surface area contributed by atoms with Crippen molar-refractivity contribution in [2.75, 3.05) is 20.1 Å². The zero-order chi connectivity index (χ0) is 62.0. The number of piperidine rings is 1. The molecular formula is C60H111I5N5O8P. The van der Waals surface area contributed by atoms with Gasteiger partial charge in [-0.1, -0.05) is 117 Å². The van der Waals surface area contributed by atoms with E-state index in [0.29, 0.717) is 12.5 Å². The first-order chi connectivity index (χ1) is 36.1. The summed E-state index contributed by atoms with van der Waals surface area (Å²) >= 11 is 9.78. The number of ether oxygens (including phenoxy) is 1. The third-order valence-electron chi connectivity index (χ3n) is 14.7. The zero-order valence-corrected chi connectivity index (χ0v) is 65.8. The molecule has 19 heteroatoms. The van der Waals surface area contributed by atoms with Gasteiger partial charge in [0.05, 0.1) is 23.7 Å². The Morgan fingerprint density at radius 3 is 1.19 bits per heavy atom. The Bertz CT molecular complexity index is 1970. The summed E-state index contributed by atoms with van der Waals surface area (Å²) in [5.74, 6) is 0.0955. The van der Waals surface area contributed by atoms with Gasteiger partial charge in [0.2, 0.25) is 7.37 Å². The van der Waals surface area contributed by atoms with E-state index in [9.17, 15) is 4.57 Å². The minimum absolute atomic E-state index is 0.0177. The van der Waals surface area contributed by atoms with Crippen molar-refractivity contribution in [2.24, 2.45) is 11.3 Å². The van der Waals surface area contributed by atoms with Crippen LogP contribution in [0.2, 0.25) is 0 Å². The average molecular weight is 1700 g/mol. The lowest BCUT2D eigenvalue weighted by Gasteiger charge is -2.49. The summed E-state index contributed by atoms with van der Waals surface area (Å²) < 4.78 is 51.9. The highest BCUT2D eigenvalue weighted by Gasteiger charge is 2.56. The summed E-state index contributed by atoms with van der Waals surface area (Å²) in [6.45, 7) is 56.2. The predicted molar refractivity (Wildman–Crippen MR) is 375 cm³/mol. The van der Waals surface area contributed by atoms with E-state index in [0.717, 1.165) is 25.7 Å². The number of methoxy groups -OCH3 is 1. The standard InChI is InChI=1S/C16H24INO.C14H22INO.C13H29INO4P.C9H18INO.C8H18INO/c1-5-15(6-2)13-11-9-10-12-14(13)16(7-3,8-4)18(15)19-17;1-11(2)13(12-9-7-6-8-10-12)16(17-15)14(3,4)5;1-9-18-20(16,10-17-8)11(12(2,3)4)15(19-14)13(5,6)7;1-8(2)6-5-7-9(3,4)11(8)12-10;1-7(2,3)10(11-9)8(4,5)6/h9-12H,5-8H2,1-4H3;6-11,13H,1-5H3;11H,9-10H2,1-8H3;5-7H2,1-4H3;1-6H3. The summed E-state index contributed by atoms with van der Waals surface area (Å²) in [4.78, 5) is 0.